The van der Waals surface area contributed by atoms with Gasteiger partial charge in [-0.2, -0.15) is 0 Å². The molecule has 0 radical (unpaired) electrons. The lowest BCUT2D eigenvalue weighted by Gasteiger charge is -2.22. The van der Waals surface area contributed by atoms with E-state index in [4.69, 9.17) is 9.84 Å². The van der Waals surface area contributed by atoms with Gasteiger partial charge < -0.3 is 9.84 Å². The molecule has 5 heteroatoms. The topological polar surface area (TPSA) is 72.3 Å². The van der Waals surface area contributed by atoms with Gasteiger partial charge in [0.25, 0.3) is 0 Å². The Balaban J connectivity index is 2.20. The molecule has 0 aliphatic carbocycles. The standard InChI is InChI=1S/C13H18N2O3/c1-2-10(13(16)17)12-14-6-3-11(15-12)9-4-7-18-8-5-9/h3,6,9-10H,2,4-5,7-8H2,1H3,(H,16,17). The second-order valence-electron chi connectivity index (χ2n) is 4.53. The maximum absolute atomic E-state index is 11.1. The van der Waals surface area contributed by atoms with Crippen LogP contribution in [0.15, 0.2) is 12.3 Å². The Kier molecular flexibility index (Phi) is 4.25. The van der Waals surface area contributed by atoms with Gasteiger partial charge in [0.2, 0.25) is 0 Å². The maximum atomic E-state index is 11.1. The fraction of sp³-hybridized carbons (Fsp3) is 0.615. The van der Waals surface area contributed by atoms with Crippen molar-refractivity contribution < 1.29 is 14.6 Å². The first kappa shape index (κ1) is 13.0. The van der Waals surface area contributed by atoms with Crippen molar-refractivity contribution in [3.8, 4) is 0 Å². The molecule has 0 saturated carbocycles. The minimum absolute atomic E-state index is 0.367. The molecule has 1 aromatic heterocycles. The molecule has 1 N–H and O–H groups in total. The van der Waals surface area contributed by atoms with Crippen LogP contribution in [0.2, 0.25) is 0 Å². The molecule has 18 heavy (non-hydrogen) atoms. The van der Waals surface area contributed by atoms with Crippen molar-refractivity contribution in [1.82, 2.24) is 9.97 Å². The molecular formula is C13H18N2O3. The van der Waals surface area contributed by atoms with E-state index < -0.39 is 11.9 Å². The number of carboxylic acid groups (broad SMARTS) is 1. The zero-order valence-electron chi connectivity index (χ0n) is 10.5. The number of hydrogen-bond donors (Lipinski definition) is 1. The van der Waals surface area contributed by atoms with E-state index in [0.717, 1.165) is 31.7 Å². The third-order valence-electron chi connectivity index (χ3n) is 3.35. The Hall–Kier alpha value is -1.49. The normalized spacial score (nSPS) is 18.5. The van der Waals surface area contributed by atoms with Crippen LogP contribution in [0.25, 0.3) is 0 Å². The predicted octanol–water partition coefficient (Wildman–Crippen LogP) is 1.95. The second-order valence-corrected chi connectivity index (χ2v) is 4.53. The summed E-state index contributed by atoms with van der Waals surface area (Å²) in [7, 11) is 0. The van der Waals surface area contributed by atoms with E-state index >= 15 is 0 Å². The minimum Gasteiger partial charge on any atom is -0.481 e. The van der Waals surface area contributed by atoms with Gasteiger partial charge in [-0.15, -0.1) is 0 Å². The van der Waals surface area contributed by atoms with Gasteiger partial charge in [-0.3, -0.25) is 4.79 Å². The highest BCUT2D eigenvalue weighted by atomic mass is 16.5. The molecular weight excluding hydrogens is 232 g/mol. The summed E-state index contributed by atoms with van der Waals surface area (Å²) in [6.07, 6.45) is 4.06. The van der Waals surface area contributed by atoms with E-state index in [9.17, 15) is 4.79 Å². The first-order valence-corrected chi connectivity index (χ1v) is 6.35. The largest absolute Gasteiger partial charge is 0.481 e. The number of ether oxygens (including phenoxy) is 1. The highest BCUT2D eigenvalue weighted by molar-refractivity contribution is 5.74. The van der Waals surface area contributed by atoms with Gasteiger partial charge in [0.1, 0.15) is 11.7 Å². The summed E-state index contributed by atoms with van der Waals surface area (Å²) >= 11 is 0. The third kappa shape index (κ3) is 2.85. The van der Waals surface area contributed by atoms with Crippen molar-refractivity contribution in [3.05, 3.63) is 23.8 Å². The predicted molar refractivity (Wildman–Crippen MR) is 65.5 cm³/mol. The molecule has 0 spiro atoms. The van der Waals surface area contributed by atoms with Crippen LogP contribution in [-0.4, -0.2) is 34.3 Å². The fourth-order valence-corrected chi connectivity index (χ4v) is 2.24. The smallest absolute Gasteiger partial charge is 0.314 e. The molecule has 1 fully saturated rings. The zero-order valence-corrected chi connectivity index (χ0v) is 10.5. The quantitative estimate of drug-likeness (QED) is 0.884. The Morgan fingerprint density at radius 3 is 2.89 bits per heavy atom. The van der Waals surface area contributed by atoms with E-state index in [2.05, 4.69) is 9.97 Å². The molecule has 1 aliphatic rings. The Labute approximate surface area is 106 Å². The summed E-state index contributed by atoms with van der Waals surface area (Å²) in [4.78, 5) is 19.7. The molecule has 1 aliphatic heterocycles. The van der Waals surface area contributed by atoms with Crippen LogP contribution in [0.5, 0.6) is 0 Å². The van der Waals surface area contributed by atoms with E-state index in [1.807, 2.05) is 13.0 Å². The first-order chi connectivity index (χ1) is 8.72. The molecule has 0 amide bonds. The summed E-state index contributed by atoms with van der Waals surface area (Å²) < 4.78 is 5.32. The first-order valence-electron chi connectivity index (χ1n) is 6.35. The van der Waals surface area contributed by atoms with Crippen LogP contribution < -0.4 is 0 Å². The molecule has 98 valence electrons. The van der Waals surface area contributed by atoms with E-state index in [0.29, 0.717) is 18.2 Å². The van der Waals surface area contributed by atoms with Gasteiger partial charge in [0.05, 0.1) is 0 Å². The minimum atomic E-state index is -0.860. The van der Waals surface area contributed by atoms with Gasteiger partial charge >= 0.3 is 5.97 Å². The van der Waals surface area contributed by atoms with Crippen LogP contribution in [0, 0.1) is 0 Å². The lowest BCUT2D eigenvalue weighted by atomic mass is 9.96. The molecule has 0 aromatic carbocycles. The van der Waals surface area contributed by atoms with Crippen molar-refractivity contribution in [3.63, 3.8) is 0 Å². The number of nitrogens with zero attached hydrogens (tertiary/aromatic N) is 2. The molecule has 2 heterocycles. The number of hydrogen-bond acceptors (Lipinski definition) is 4. The Morgan fingerprint density at radius 2 is 2.28 bits per heavy atom. The highest BCUT2D eigenvalue weighted by Gasteiger charge is 2.23. The van der Waals surface area contributed by atoms with Crippen LogP contribution >= 0.6 is 0 Å². The van der Waals surface area contributed by atoms with Crippen molar-refractivity contribution >= 4 is 5.97 Å². The van der Waals surface area contributed by atoms with Crippen LogP contribution in [0.1, 0.15) is 49.5 Å². The van der Waals surface area contributed by atoms with E-state index in [1.54, 1.807) is 6.20 Å². The molecule has 0 bridgehead atoms. The SMILES string of the molecule is CCC(C(=O)O)c1nccc(C2CCOCC2)n1. The van der Waals surface area contributed by atoms with Gasteiger partial charge in [-0.1, -0.05) is 6.92 Å². The highest BCUT2D eigenvalue weighted by Crippen LogP contribution is 2.26. The van der Waals surface area contributed by atoms with Crippen molar-refractivity contribution in [2.24, 2.45) is 0 Å². The number of carboxylic acids is 1. The summed E-state index contributed by atoms with van der Waals surface area (Å²) in [5, 5.41) is 9.13. The second kappa shape index (κ2) is 5.91. The van der Waals surface area contributed by atoms with E-state index in [-0.39, 0.29) is 0 Å². The van der Waals surface area contributed by atoms with Gasteiger partial charge in [-0.05, 0) is 25.3 Å². The molecule has 1 unspecified atom stereocenters. The monoisotopic (exact) mass is 250 g/mol. The average molecular weight is 250 g/mol. The van der Waals surface area contributed by atoms with Crippen molar-refractivity contribution in [1.29, 1.82) is 0 Å². The zero-order chi connectivity index (χ0) is 13.0. The number of carbonyl (C=O) groups is 1. The molecule has 1 atom stereocenters. The maximum Gasteiger partial charge on any atom is 0.314 e. The number of rotatable bonds is 4. The third-order valence-corrected chi connectivity index (χ3v) is 3.35. The lowest BCUT2D eigenvalue weighted by molar-refractivity contribution is -0.139. The lowest BCUT2D eigenvalue weighted by Crippen LogP contribution is -2.18. The van der Waals surface area contributed by atoms with E-state index in [1.165, 1.54) is 0 Å². The average Bonchev–Trinajstić information content (AvgIpc) is 2.40. The molecule has 1 aromatic rings. The summed E-state index contributed by atoms with van der Waals surface area (Å²) in [6.45, 7) is 3.34. The molecule has 2 rings (SSSR count). The summed E-state index contributed by atoms with van der Waals surface area (Å²) in [5.74, 6) is -0.674. The Bertz CT molecular complexity index is 416. The number of aromatic nitrogens is 2. The summed E-state index contributed by atoms with van der Waals surface area (Å²) in [6, 6.07) is 1.88. The van der Waals surface area contributed by atoms with Crippen molar-refractivity contribution in [2.75, 3.05) is 13.2 Å². The van der Waals surface area contributed by atoms with Crippen LogP contribution in [-0.2, 0) is 9.53 Å². The van der Waals surface area contributed by atoms with Crippen LogP contribution in [0.4, 0.5) is 0 Å². The van der Waals surface area contributed by atoms with Crippen LogP contribution in [0.3, 0.4) is 0 Å². The van der Waals surface area contributed by atoms with Gasteiger partial charge in [0, 0.05) is 31.0 Å². The fourth-order valence-electron chi connectivity index (χ4n) is 2.24. The van der Waals surface area contributed by atoms with Crippen molar-refractivity contribution in [2.45, 2.75) is 38.0 Å². The molecule has 1 saturated heterocycles. The summed E-state index contributed by atoms with van der Waals surface area (Å²) in [5.41, 5.74) is 0.947. The number of aliphatic carboxylic acids is 1. The Morgan fingerprint density at radius 1 is 1.56 bits per heavy atom. The van der Waals surface area contributed by atoms with Gasteiger partial charge in [-0.25, -0.2) is 9.97 Å². The molecule has 5 nitrogen and oxygen atoms in total. The van der Waals surface area contributed by atoms with Gasteiger partial charge in [0.15, 0.2) is 0 Å².